The molecule has 3 atom stereocenters. The second-order valence-corrected chi connectivity index (χ2v) is 10.2. The first-order valence-corrected chi connectivity index (χ1v) is 11.9. The molecule has 1 aromatic rings. The standard InChI is InChI=1S/C25H36N4O3/c1-28(2)24(32)18-7-10-20(22(26)30)21(15-18)27-23(31)17-5-8-19(9-6-17)25(11-12-25)16-29-13-3-4-14-29/h5-6,8-9,18,20-21H,3-4,7,10-16H2,1-2H3,(H2,26,30)(H,27,31). The van der Waals surface area contributed by atoms with Gasteiger partial charge in [-0.2, -0.15) is 0 Å². The van der Waals surface area contributed by atoms with Crippen LogP contribution in [0.3, 0.4) is 0 Å². The van der Waals surface area contributed by atoms with Gasteiger partial charge in [-0.15, -0.1) is 0 Å². The van der Waals surface area contributed by atoms with Crippen LogP contribution < -0.4 is 11.1 Å². The lowest BCUT2D eigenvalue weighted by Crippen LogP contribution is -2.50. The quantitative estimate of drug-likeness (QED) is 0.677. The summed E-state index contributed by atoms with van der Waals surface area (Å²) in [5, 5.41) is 3.00. The van der Waals surface area contributed by atoms with Gasteiger partial charge in [-0.05, 0) is 75.7 Å². The van der Waals surface area contributed by atoms with Crippen LogP contribution in [0.25, 0.3) is 0 Å². The van der Waals surface area contributed by atoms with Crippen LogP contribution in [0, 0.1) is 11.8 Å². The number of amides is 3. The summed E-state index contributed by atoms with van der Waals surface area (Å²) in [5.41, 5.74) is 7.74. The molecular formula is C25H36N4O3. The molecule has 174 valence electrons. The Balaban J connectivity index is 1.41. The monoisotopic (exact) mass is 440 g/mol. The number of nitrogens with two attached hydrogens (primary N) is 1. The van der Waals surface area contributed by atoms with Crippen LogP contribution in [0.5, 0.6) is 0 Å². The number of benzene rings is 1. The Labute approximate surface area is 190 Å². The van der Waals surface area contributed by atoms with E-state index in [0.717, 1.165) is 6.54 Å². The highest BCUT2D eigenvalue weighted by Gasteiger charge is 2.45. The number of likely N-dealkylation sites (tertiary alicyclic amines) is 1. The van der Waals surface area contributed by atoms with Crippen LogP contribution in [0.2, 0.25) is 0 Å². The van der Waals surface area contributed by atoms with Crippen molar-refractivity contribution in [1.82, 2.24) is 15.1 Å². The summed E-state index contributed by atoms with van der Waals surface area (Å²) in [6.45, 7) is 3.51. The fourth-order valence-corrected chi connectivity index (χ4v) is 5.54. The lowest BCUT2D eigenvalue weighted by molar-refractivity contribution is -0.136. The molecule has 4 rings (SSSR count). The van der Waals surface area contributed by atoms with Crippen LogP contribution in [0.15, 0.2) is 24.3 Å². The summed E-state index contributed by atoms with van der Waals surface area (Å²) in [6.07, 6.45) is 6.57. The van der Waals surface area contributed by atoms with Crippen molar-refractivity contribution in [2.75, 3.05) is 33.7 Å². The van der Waals surface area contributed by atoms with E-state index in [1.807, 2.05) is 12.1 Å². The third kappa shape index (κ3) is 4.82. The van der Waals surface area contributed by atoms with E-state index in [9.17, 15) is 14.4 Å². The Bertz CT molecular complexity index is 856. The third-order valence-electron chi connectivity index (χ3n) is 7.66. The number of hydrogen-bond donors (Lipinski definition) is 2. The minimum absolute atomic E-state index is 0.0317. The van der Waals surface area contributed by atoms with Crippen LogP contribution in [0.4, 0.5) is 0 Å². The first-order chi connectivity index (χ1) is 15.3. The topological polar surface area (TPSA) is 95.7 Å². The van der Waals surface area contributed by atoms with Gasteiger partial charge in [-0.1, -0.05) is 12.1 Å². The normalized spacial score (nSPS) is 27.0. The van der Waals surface area contributed by atoms with E-state index in [2.05, 4.69) is 22.3 Å². The molecule has 3 fully saturated rings. The lowest BCUT2D eigenvalue weighted by Gasteiger charge is -2.35. The number of carbonyl (C=O) groups excluding carboxylic acids is 3. The summed E-state index contributed by atoms with van der Waals surface area (Å²) in [5.74, 6) is -1.24. The molecule has 0 radical (unpaired) electrons. The Morgan fingerprint density at radius 3 is 2.31 bits per heavy atom. The molecule has 1 saturated heterocycles. The lowest BCUT2D eigenvalue weighted by atomic mass is 9.77. The summed E-state index contributed by atoms with van der Waals surface area (Å²) in [4.78, 5) is 41.5. The molecule has 1 aromatic carbocycles. The molecule has 2 saturated carbocycles. The first kappa shape index (κ1) is 22.8. The van der Waals surface area contributed by atoms with Gasteiger partial charge in [0.15, 0.2) is 0 Å². The number of primary amides is 1. The molecule has 7 heteroatoms. The van der Waals surface area contributed by atoms with Gasteiger partial charge in [0.05, 0.1) is 5.92 Å². The van der Waals surface area contributed by atoms with Gasteiger partial charge < -0.3 is 20.9 Å². The Morgan fingerprint density at radius 2 is 1.75 bits per heavy atom. The number of nitrogens with zero attached hydrogens (tertiary/aromatic N) is 2. The molecule has 7 nitrogen and oxygen atoms in total. The van der Waals surface area contributed by atoms with Gasteiger partial charge in [0.25, 0.3) is 5.91 Å². The maximum atomic E-state index is 13.0. The molecule has 0 aromatic heterocycles. The highest BCUT2D eigenvalue weighted by atomic mass is 16.2. The van der Waals surface area contributed by atoms with E-state index < -0.39 is 17.9 Å². The van der Waals surface area contributed by atoms with E-state index >= 15 is 0 Å². The van der Waals surface area contributed by atoms with Crippen molar-refractivity contribution < 1.29 is 14.4 Å². The molecular weight excluding hydrogens is 404 g/mol. The van der Waals surface area contributed by atoms with Gasteiger partial charge in [0.1, 0.15) is 0 Å². The highest BCUT2D eigenvalue weighted by molar-refractivity contribution is 5.95. The van der Waals surface area contributed by atoms with Crippen molar-refractivity contribution >= 4 is 17.7 Å². The van der Waals surface area contributed by atoms with Crippen LogP contribution in [-0.4, -0.2) is 67.3 Å². The van der Waals surface area contributed by atoms with Crippen LogP contribution in [-0.2, 0) is 15.0 Å². The maximum absolute atomic E-state index is 13.0. The molecule has 0 spiro atoms. The Kier molecular flexibility index (Phi) is 6.56. The number of carbonyl (C=O) groups is 3. The molecule has 1 heterocycles. The predicted molar refractivity (Wildman–Crippen MR) is 123 cm³/mol. The zero-order chi connectivity index (χ0) is 22.9. The van der Waals surface area contributed by atoms with Crippen molar-refractivity contribution in [3.8, 4) is 0 Å². The summed E-state index contributed by atoms with van der Waals surface area (Å²) < 4.78 is 0. The average molecular weight is 441 g/mol. The molecule has 2 aliphatic carbocycles. The van der Waals surface area contributed by atoms with Crippen molar-refractivity contribution in [3.05, 3.63) is 35.4 Å². The zero-order valence-corrected chi connectivity index (χ0v) is 19.3. The molecule has 0 bridgehead atoms. The highest BCUT2D eigenvalue weighted by Crippen LogP contribution is 2.49. The van der Waals surface area contributed by atoms with E-state index in [0.29, 0.717) is 24.8 Å². The average Bonchev–Trinajstić information content (AvgIpc) is 3.37. The van der Waals surface area contributed by atoms with Crippen molar-refractivity contribution in [1.29, 1.82) is 0 Å². The smallest absolute Gasteiger partial charge is 0.251 e. The molecule has 32 heavy (non-hydrogen) atoms. The first-order valence-electron chi connectivity index (χ1n) is 11.9. The molecule has 1 aliphatic heterocycles. The van der Waals surface area contributed by atoms with Gasteiger partial charge in [0.2, 0.25) is 11.8 Å². The van der Waals surface area contributed by atoms with Crippen molar-refractivity contribution in [3.63, 3.8) is 0 Å². The van der Waals surface area contributed by atoms with E-state index in [-0.39, 0.29) is 23.1 Å². The second kappa shape index (κ2) is 9.22. The van der Waals surface area contributed by atoms with E-state index in [4.69, 9.17) is 5.73 Å². The van der Waals surface area contributed by atoms with Gasteiger partial charge in [-0.25, -0.2) is 0 Å². The minimum Gasteiger partial charge on any atom is -0.369 e. The fourth-order valence-electron chi connectivity index (χ4n) is 5.54. The van der Waals surface area contributed by atoms with Crippen molar-refractivity contribution in [2.45, 2.75) is 56.4 Å². The van der Waals surface area contributed by atoms with E-state index in [1.54, 1.807) is 19.0 Å². The zero-order valence-electron chi connectivity index (χ0n) is 19.3. The summed E-state index contributed by atoms with van der Waals surface area (Å²) >= 11 is 0. The molecule has 3 aliphatic rings. The van der Waals surface area contributed by atoms with E-state index in [1.165, 1.54) is 44.3 Å². The van der Waals surface area contributed by atoms with Gasteiger partial charge >= 0.3 is 0 Å². The number of hydrogen-bond acceptors (Lipinski definition) is 4. The van der Waals surface area contributed by atoms with Crippen LogP contribution in [0.1, 0.15) is 60.9 Å². The van der Waals surface area contributed by atoms with Gasteiger partial charge in [-0.3, -0.25) is 14.4 Å². The largest absolute Gasteiger partial charge is 0.369 e. The molecule has 3 N–H and O–H groups in total. The van der Waals surface area contributed by atoms with Crippen LogP contribution >= 0.6 is 0 Å². The molecule has 3 amide bonds. The minimum atomic E-state index is -0.445. The van der Waals surface area contributed by atoms with Crippen molar-refractivity contribution in [2.24, 2.45) is 17.6 Å². The Hall–Kier alpha value is -2.41. The number of rotatable bonds is 7. The summed E-state index contributed by atoms with van der Waals surface area (Å²) in [6, 6.07) is 7.52. The number of nitrogens with one attached hydrogen (secondary N) is 1. The predicted octanol–water partition coefficient (Wildman–Crippen LogP) is 1.90. The SMILES string of the molecule is CN(C)C(=O)C1CCC(C(N)=O)C(NC(=O)c2ccc(C3(CN4CCCC4)CC3)cc2)C1. The third-order valence-corrected chi connectivity index (χ3v) is 7.66. The fraction of sp³-hybridized carbons (Fsp3) is 0.640. The second-order valence-electron chi connectivity index (χ2n) is 10.2. The molecule has 3 unspecified atom stereocenters. The maximum Gasteiger partial charge on any atom is 0.251 e. The van der Waals surface area contributed by atoms with Gasteiger partial charge in [0, 0.05) is 43.6 Å². The summed E-state index contributed by atoms with van der Waals surface area (Å²) in [7, 11) is 3.46. The Morgan fingerprint density at radius 1 is 1.09 bits per heavy atom.